The Kier molecular flexibility index (Phi) is 2.93. The maximum Gasteiger partial charge on any atom is 0.376 e. The Balaban J connectivity index is 1.96. The van der Waals surface area contributed by atoms with Crippen LogP contribution in [0.5, 0.6) is 0 Å². The fourth-order valence-corrected chi connectivity index (χ4v) is 3.92. The molecule has 0 unspecified atom stereocenters. The van der Waals surface area contributed by atoms with E-state index in [2.05, 4.69) is 66.0 Å². The molecule has 3 nitrogen and oxygen atoms in total. The van der Waals surface area contributed by atoms with Crippen molar-refractivity contribution in [3.63, 3.8) is 0 Å². The predicted molar refractivity (Wildman–Crippen MR) is 88.0 cm³/mol. The molecule has 0 saturated carbocycles. The third-order valence-corrected chi connectivity index (χ3v) is 5.16. The number of aromatic nitrogens is 1. The van der Waals surface area contributed by atoms with Crippen LogP contribution in [0.1, 0.15) is 5.89 Å². The number of hydrogen-bond donors (Lipinski definition) is 0. The first-order valence-electron chi connectivity index (χ1n) is 7.10. The van der Waals surface area contributed by atoms with Gasteiger partial charge in [-0.15, -0.1) is 11.8 Å². The fraction of sp³-hybridized carbons (Fsp3) is 0.235. The molecule has 3 aromatic rings. The minimum atomic E-state index is 0.901. The molecule has 4 heteroatoms. The molecular formula is C17H17N2OS+. The normalized spacial score (nSPS) is 17.4. The van der Waals surface area contributed by atoms with Crippen LogP contribution in [0, 0.1) is 0 Å². The van der Waals surface area contributed by atoms with E-state index in [4.69, 9.17) is 4.42 Å². The molecule has 21 heavy (non-hydrogen) atoms. The molecule has 1 aromatic heterocycles. The first kappa shape index (κ1) is 12.8. The van der Waals surface area contributed by atoms with Crippen molar-refractivity contribution in [1.82, 2.24) is 4.90 Å². The van der Waals surface area contributed by atoms with E-state index < -0.39 is 0 Å². The van der Waals surface area contributed by atoms with Gasteiger partial charge in [-0.1, -0.05) is 24.3 Å². The molecule has 106 valence electrons. The summed E-state index contributed by atoms with van der Waals surface area (Å²) in [5.74, 6) is 2.05. The Labute approximate surface area is 127 Å². The van der Waals surface area contributed by atoms with Crippen molar-refractivity contribution < 1.29 is 8.98 Å². The van der Waals surface area contributed by atoms with Crippen molar-refractivity contribution in [2.24, 2.45) is 7.05 Å². The molecule has 0 radical (unpaired) electrons. The molecule has 4 rings (SSSR count). The van der Waals surface area contributed by atoms with E-state index in [1.54, 1.807) is 0 Å². The summed E-state index contributed by atoms with van der Waals surface area (Å²) in [5.41, 5.74) is 2.10. The number of hydrogen-bond acceptors (Lipinski definition) is 3. The summed E-state index contributed by atoms with van der Waals surface area (Å²) in [6.45, 7) is 1.10. The Morgan fingerprint density at radius 2 is 2.10 bits per heavy atom. The summed E-state index contributed by atoms with van der Waals surface area (Å²) in [5, 5.41) is 3.75. The molecule has 0 N–H and O–H groups in total. The Morgan fingerprint density at radius 3 is 2.90 bits per heavy atom. The predicted octanol–water partition coefficient (Wildman–Crippen LogP) is 3.39. The smallest absolute Gasteiger partial charge is 0.376 e. The highest BCUT2D eigenvalue weighted by Gasteiger charge is 2.22. The minimum Gasteiger partial charge on any atom is -0.398 e. The van der Waals surface area contributed by atoms with Crippen molar-refractivity contribution in [2.75, 3.05) is 19.3 Å². The van der Waals surface area contributed by atoms with Crippen molar-refractivity contribution in [2.45, 2.75) is 0 Å². The molecule has 0 bridgehead atoms. The van der Waals surface area contributed by atoms with E-state index in [1.807, 2.05) is 11.8 Å². The average Bonchev–Trinajstić information content (AvgIpc) is 3.04. The molecule has 0 atom stereocenters. The van der Waals surface area contributed by atoms with Crippen LogP contribution in [-0.4, -0.2) is 24.2 Å². The Bertz CT molecular complexity index is 866. The number of nitrogens with zero attached hydrogens (tertiary/aromatic N) is 2. The second-order valence-electron chi connectivity index (χ2n) is 5.39. The van der Waals surface area contributed by atoms with Crippen LogP contribution in [0.25, 0.3) is 27.9 Å². The average molecular weight is 297 g/mol. The van der Waals surface area contributed by atoms with E-state index in [0.717, 1.165) is 29.3 Å². The summed E-state index contributed by atoms with van der Waals surface area (Å²) in [6, 6.07) is 12.6. The lowest BCUT2D eigenvalue weighted by atomic mass is 10.1. The van der Waals surface area contributed by atoms with E-state index in [-0.39, 0.29) is 0 Å². The van der Waals surface area contributed by atoms with Gasteiger partial charge in [-0.3, -0.25) is 0 Å². The lowest BCUT2D eigenvalue weighted by Gasteiger charge is -2.08. The quantitative estimate of drug-likeness (QED) is 0.642. The van der Waals surface area contributed by atoms with Gasteiger partial charge in [0.25, 0.3) is 5.52 Å². The summed E-state index contributed by atoms with van der Waals surface area (Å²) in [6.07, 6.45) is 2.15. The minimum absolute atomic E-state index is 0.901. The van der Waals surface area contributed by atoms with Crippen molar-refractivity contribution >= 4 is 39.7 Å². The van der Waals surface area contributed by atoms with Gasteiger partial charge in [0.2, 0.25) is 5.58 Å². The molecule has 1 fully saturated rings. The topological polar surface area (TPSA) is 20.3 Å². The van der Waals surface area contributed by atoms with Crippen LogP contribution in [-0.2, 0) is 7.05 Å². The first-order valence-corrected chi connectivity index (χ1v) is 8.08. The van der Waals surface area contributed by atoms with Crippen LogP contribution in [0.4, 0.5) is 0 Å². The zero-order valence-corrected chi connectivity index (χ0v) is 13.0. The molecule has 1 aliphatic rings. The third-order valence-electron chi connectivity index (χ3n) is 4.04. The maximum absolute atomic E-state index is 6.06. The highest BCUT2D eigenvalue weighted by molar-refractivity contribution is 8.03. The van der Waals surface area contributed by atoms with Gasteiger partial charge in [0.05, 0.1) is 16.5 Å². The molecule has 0 amide bonds. The van der Waals surface area contributed by atoms with Crippen LogP contribution in [0.3, 0.4) is 0 Å². The fourth-order valence-electron chi connectivity index (χ4n) is 2.85. The number of fused-ring (bicyclic) bond motifs is 3. The molecule has 1 aliphatic heterocycles. The van der Waals surface area contributed by atoms with Crippen LogP contribution in [0.15, 0.2) is 45.8 Å². The van der Waals surface area contributed by atoms with Crippen LogP contribution < -0.4 is 4.57 Å². The number of benzene rings is 2. The molecule has 2 heterocycles. The summed E-state index contributed by atoms with van der Waals surface area (Å²) in [7, 11) is 4.20. The van der Waals surface area contributed by atoms with Crippen LogP contribution >= 0.6 is 11.8 Å². The van der Waals surface area contributed by atoms with Gasteiger partial charge in [-0.05, 0) is 17.5 Å². The Morgan fingerprint density at radius 1 is 1.24 bits per heavy atom. The number of thioether (sulfide) groups is 1. The van der Waals surface area contributed by atoms with Gasteiger partial charge >= 0.3 is 5.89 Å². The van der Waals surface area contributed by atoms with E-state index in [1.165, 1.54) is 15.8 Å². The highest BCUT2D eigenvalue weighted by atomic mass is 32.2. The molecule has 0 aliphatic carbocycles. The van der Waals surface area contributed by atoms with Gasteiger partial charge in [-0.25, -0.2) is 0 Å². The Hall–Kier alpha value is -1.94. The lowest BCUT2D eigenvalue weighted by Crippen LogP contribution is -2.29. The van der Waals surface area contributed by atoms with E-state index in [9.17, 15) is 0 Å². The monoisotopic (exact) mass is 297 g/mol. The summed E-state index contributed by atoms with van der Waals surface area (Å²) >= 11 is 1.88. The van der Waals surface area contributed by atoms with Gasteiger partial charge in [0.1, 0.15) is 7.05 Å². The molecule has 2 aromatic carbocycles. The summed E-state index contributed by atoms with van der Waals surface area (Å²) in [4.78, 5) is 2.27. The van der Waals surface area contributed by atoms with Crippen molar-refractivity contribution in [3.8, 4) is 0 Å². The van der Waals surface area contributed by atoms with E-state index in [0.29, 0.717) is 0 Å². The lowest BCUT2D eigenvalue weighted by molar-refractivity contribution is -0.651. The molecule has 0 spiro atoms. The number of oxazole rings is 1. The van der Waals surface area contributed by atoms with Gasteiger partial charge < -0.3 is 9.32 Å². The number of aryl methyl sites for hydroxylation is 1. The summed E-state index contributed by atoms with van der Waals surface area (Å²) < 4.78 is 8.21. The van der Waals surface area contributed by atoms with Crippen molar-refractivity contribution in [1.29, 1.82) is 0 Å². The van der Waals surface area contributed by atoms with Gasteiger partial charge in [0, 0.05) is 19.3 Å². The van der Waals surface area contributed by atoms with Gasteiger partial charge in [-0.2, -0.15) is 4.57 Å². The largest absolute Gasteiger partial charge is 0.398 e. The maximum atomic E-state index is 6.06. The van der Waals surface area contributed by atoms with Crippen LogP contribution in [0.2, 0.25) is 0 Å². The highest BCUT2D eigenvalue weighted by Crippen LogP contribution is 2.29. The van der Waals surface area contributed by atoms with Gasteiger partial charge in [0.15, 0.2) is 0 Å². The number of rotatable bonds is 1. The molecule has 1 saturated heterocycles. The SMILES string of the molecule is CN1CCSC1=Cc1oc2ccc3ccccc3c2[n+]1C. The second kappa shape index (κ2) is 4.81. The zero-order valence-electron chi connectivity index (χ0n) is 12.2. The molecular weight excluding hydrogens is 280 g/mol. The first-order chi connectivity index (χ1) is 10.2. The third kappa shape index (κ3) is 2.02. The zero-order chi connectivity index (χ0) is 14.4. The van der Waals surface area contributed by atoms with Crippen molar-refractivity contribution in [3.05, 3.63) is 47.3 Å². The standard InChI is InChI=1S/C17H17N2OS/c1-18-9-10-21-16(18)11-15-19(2)17-13-6-4-3-5-12(13)7-8-14(17)20-15/h3-8,11H,9-10H2,1-2H3/q+1. The van der Waals surface area contributed by atoms with E-state index >= 15 is 0 Å². The second-order valence-corrected chi connectivity index (χ2v) is 6.50.